The highest BCUT2D eigenvalue weighted by Crippen LogP contribution is 2.56. The van der Waals surface area contributed by atoms with E-state index in [0.29, 0.717) is 6.42 Å². The van der Waals surface area contributed by atoms with Gasteiger partial charge in [0.1, 0.15) is 0 Å². The summed E-state index contributed by atoms with van der Waals surface area (Å²) in [7, 11) is 0. The minimum atomic E-state index is -0.383. The molecule has 1 aliphatic heterocycles. The van der Waals surface area contributed by atoms with Crippen LogP contribution in [-0.2, 0) is 4.79 Å². The number of piperidine rings is 1. The molecule has 0 spiro atoms. The maximum Gasteiger partial charge on any atom is 0.224 e. The lowest BCUT2D eigenvalue weighted by molar-refractivity contribution is -0.150. The molecule has 30 heavy (non-hydrogen) atoms. The van der Waals surface area contributed by atoms with Crippen LogP contribution in [0.3, 0.4) is 0 Å². The normalized spacial score (nSPS) is 26.6. The van der Waals surface area contributed by atoms with E-state index in [1.54, 1.807) is 0 Å². The van der Waals surface area contributed by atoms with Crippen LogP contribution in [0.1, 0.15) is 54.6 Å². The number of hydrogen-bond acceptors (Lipinski definition) is 3. The summed E-state index contributed by atoms with van der Waals surface area (Å²) in [6, 6.07) is 17.5. The quantitative estimate of drug-likeness (QED) is 0.603. The van der Waals surface area contributed by atoms with Gasteiger partial charge in [0.25, 0.3) is 0 Å². The predicted octanol–water partition coefficient (Wildman–Crippen LogP) is 3.91. The Morgan fingerprint density at radius 3 is 2.53 bits per heavy atom. The number of para-hydroxylation sites is 1. The van der Waals surface area contributed by atoms with Gasteiger partial charge in [0, 0.05) is 34.5 Å². The molecule has 0 radical (unpaired) electrons. The zero-order chi connectivity index (χ0) is 20.8. The number of likely N-dealkylation sites (tertiary alicyclic amines) is 1. The molecule has 2 heterocycles. The van der Waals surface area contributed by atoms with E-state index in [1.165, 1.54) is 0 Å². The minimum absolute atomic E-state index is 0.0309. The number of H-pyrrole nitrogens is 1. The molecular formula is C25H28N2O3. The number of carbonyl (C=O) groups excluding carboxylic acids is 1. The monoisotopic (exact) mass is 404 g/mol. The molecule has 156 valence electrons. The number of carbonyl (C=O) groups is 1. The van der Waals surface area contributed by atoms with E-state index in [1.807, 2.05) is 47.4 Å². The molecule has 1 unspecified atom stereocenters. The third-order valence-electron chi connectivity index (χ3n) is 7.27. The summed E-state index contributed by atoms with van der Waals surface area (Å²) in [4.78, 5) is 19.0. The van der Waals surface area contributed by atoms with Crippen LogP contribution >= 0.6 is 0 Å². The van der Waals surface area contributed by atoms with Crippen LogP contribution in [0.2, 0.25) is 0 Å². The highest BCUT2D eigenvalue weighted by Gasteiger charge is 2.52. The van der Waals surface area contributed by atoms with Crippen molar-refractivity contribution in [1.29, 1.82) is 0 Å². The maximum absolute atomic E-state index is 13.5. The number of nitrogens with zero attached hydrogens (tertiary/aromatic N) is 1. The lowest BCUT2D eigenvalue weighted by Gasteiger charge is -2.53. The van der Waals surface area contributed by atoms with Gasteiger partial charge in [-0.05, 0) is 23.5 Å². The van der Waals surface area contributed by atoms with Crippen molar-refractivity contribution in [2.75, 3.05) is 13.2 Å². The Bertz CT molecular complexity index is 1060. The lowest BCUT2D eigenvalue weighted by Crippen LogP contribution is -2.53. The summed E-state index contributed by atoms with van der Waals surface area (Å²) < 4.78 is 0. The Labute approximate surface area is 176 Å². The van der Waals surface area contributed by atoms with Gasteiger partial charge in [-0.15, -0.1) is 0 Å². The SMILES string of the molecule is CCC1[C@@H]2CC(=O)N([C@H](CO)c3ccccc3)[C@H]1c1c([nH]c3ccccc13)[C@H]2CO. The molecule has 1 saturated heterocycles. The smallest absolute Gasteiger partial charge is 0.224 e. The molecule has 3 aromatic rings. The van der Waals surface area contributed by atoms with Gasteiger partial charge in [-0.25, -0.2) is 0 Å². The lowest BCUT2D eigenvalue weighted by atomic mass is 9.63. The number of hydrogen-bond donors (Lipinski definition) is 3. The third-order valence-corrected chi connectivity index (χ3v) is 7.27. The van der Waals surface area contributed by atoms with Crippen molar-refractivity contribution in [3.8, 4) is 0 Å². The van der Waals surface area contributed by atoms with Gasteiger partial charge < -0.3 is 20.1 Å². The largest absolute Gasteiger partial charge is 0.396 e. The van der Waals surface area contributed by atoms with Gasteiger partial charge in [-0.1, -0.05) is 61.9 Å². The first-order valence-electron chi connectivity index (χ1n) is 10.9. The molecule has 1 amide bonds. The van der Waals surface area contributed by atoms with Crippen LogP contribution in [0.25, 0.3) is 10.9 Å². The number of aliphatic hydroxyl groups is 2. The Kier molecular flexibility index (Phi) is 4.88. The van der Waals surface area contributed by atoms with Crippen LogP contribution in [0, 0.1) is 11.8 Å². The molecule has 5 nitrogen and oxygen atoms in total. The predicted molar refractivity (Wildman–Crippen MR) is 116 cm³/mol. The summed E-state index contributed by atoms with van der Waals surface area (Å²) >= 11 is 0. The number of fused-ring (bicyclic) bond motifs is 6. The first-order chi connectivity index (χ1) is 14.7. The molecule has 5 heteroatoms. The zero-order valence-electron chi connectivity index (χ0n) is 17.2. The van der Waals surface area contributed by atoms with Crippen molar-refractivity contribution in [1.82, 2.24) is 9.88 Å². The van der Waals surface area contributed by atoms with Gasteiger partial charge in [0.05, 0.1) is 25.3 Å². The summed E-state index contributed by atoms with van der Waals surface area (Å²) in [5.41, 5.74) is 4.17. The molecule has 2 aliphatic rings. The van der Waals surface area contributed by atoms with E-state index >= 15 is 0 Å². The topological polar surface area (TPSA) is 76.6 Å². The molecule has 3 N–H and O–H groups in total. The second-order valence-electron chi connectivity index (χ2n) is 8.58. The second kappa shape index (κ2) is 7.56. The Balaban J connectivity index is 1.74. The Morgan fingerprint density at radius 2 is 1.83 bits per heavy atom. The molecule has 1 fully saturated rings. The summed E-state index contributed by atoms with van der Waals surface area (Å²) in [5.74, 6) is 0.338. The standard InChI is InChI=1S/C25H28N2O3/c1-2-16-18-12-22(30)27(21(14-29)15-8-4-3-5-9-15)25(16)23-17-10-6-7-11-20(17)26-24(23)19(18)13-28/h3-11,16,18-19,21,25-26,28-29H,2,12-14H2,1H3/t16?,18-,19-,21+,25+/m0/s1. The van der Waals surface area contributed by atoms with Crippen molar-refractivity contribution in [2.45, 2.75) is 37.8 Å². The number of benzene rings is 2. The second-order valence-corrected chi connectivity index (χ2v) is 8.58. The number of aromatic nitrogens is 1. The van der Waals surface area contributed by atoms with Crippen LogP contribution in [0.5, 0.6) is 0 Å². The summed E-state index contributed by atoms with van der Waals surface area (Å²) in [6.45, 7) is 2.08. The fourth-order valence-corrected chi connectivity index (χ4v) is 6.01. The summed E-state index contributed by atoms with van der Waals surface area (Å²) in [6.07, 6.45) is 1.32. The van der Waals surface area contributed by atoms with Gasteiger partial charge >= 0.3 is 0 Å². The maximum atomic E-state index is 13.5. The average molecular weight is 405 g/mol. The van der Waals surface area contributed by atoms with Crippen molar-refractivity contribution in [3.63, 3.8) is 0 Å². The fraction of sp³-hybridized carbons (Fsp3) is 0.400. The van der Waals surface area contributed by atoms with Crippen LogP contribution < -0.4 is 0 Å². The highest BCUT2D eigenvalue weighted by molar-refractivity contribution is 5.88. The van der Waals surface area contributed by atoms with Crippen LogP contribution in [0.15, 0.2) is 54.6 Å². The molecular weight excluding hydrogens is 376 g/mol. The van der Waals surface area contributed by atoms with Crippen LogP contribution in [0.4, 0.5) is 0 Å². The van der Waals surface area contributed by atoms with Gasteiger partial charge in [0.2, 0.25) is 5.91 Å². The van der Waals surface area contributed by atoms with Crippen molar-refractivity contribution in [3.05, 3.63) is 71.4 Å². The van der Waals surface area contributed by atoms with Crippen molar-refractivity contribution in [2.24, 2.45) is 11.8 Å². The van der Waals surface area contributed by atoms with Crippen molar-refractivity contribution >= 4 is 16.8 Å². The molecule has 0 saturated carbocycles. The molecule has 5 rings (SSSR count). The van der Waals surface area contributed by atoms with Gasteiger partial charge in [-0.2, -0.15) is 0 Å². The van der Waals surface area contributed by atoms with Crippen LogP contribution in [-0.4, -0.2) is 39.2 Å². The number of amides is 1. The minimum Gasteiger partial charge on any atom is -0.396 e. The highest BCUT2D eigenvalue weighted by atomic mass is 16.3. The molecule has 2 aromatic carbocycles. The van der Waals surface area contributed by atoms with E-state index in [9.17, 15) is 15.0 Å². The summed E-state index contributed by atoms with van der Waals surface area (Å²) in [5, 5.41) is 21.8. The van der Waals surface area contributed by atoms with E-state index in [4.69, 9.17) is 0 Å². The molecule has 1 aromatic heterocycles. The van der Waals surface area contributed by atoms with Crippen molar-refractivity contribution < 1.29 is 15.0 Å². The Hall–Kier alpha value is -2.63. The molecule has 5 atom stereocenters. The first-order valence-corrected chi connectivity index (χ1v) is 10.9. The van der Waals surface area contributed by atoms with Gasteiger partial charge in [0.15, 0.2) is 0 Å². The molecule has 2 bridgehead atoms. The number of nitrogens with one attached hydrogen (secondary N) is 1. The third kappa shape index (κ3) is 2.72. The Morgan fingerprint density at radius 1 is 1.10 bits per heavy atom. The zero-order valence-corrected chi connectivity index (χ0v) is 17.2. The average Bonchev–Trinajstić information content (AvgIpc) is 3.15. The van der Waals surface area contributed by atoms with E-state index in [-0.39, 0.29) is 49.0 Å². The van der Waals surface area contributed by atoms with E-state index in [2.05, 4.69) is 24.0 Å². The number of aromatic amines is 1. The number of aliphatic hydroxyl groups excluding tert-OH is 2. The van der Waals surface area contributed by atoms with Gasteiger partial charge in [-0.3, -0.25) is 4.79 Å². The molecule has 1 aliphatic carbocycles. The number of rotatable bonds is 5. The van der Waals surface area contributed by atoms with E-state index < -0.39 is 0 Å². The fourth-order valence-electron chi connectivity index (χ4n) is 6.01. The van der Waals surface area contributed by atoms with E-state index in [0.717, 1.165) is 34.1 Å². The first kappa shape index (κ1) is 19.3.